The first-order chi connectivity index (χ1) is 12.2. The molecule has 1 aromatic carbocycles. The maximum Gasteiger partial charge on any atom is 0.226 e. The molecule has 1 fully saturated rings. The summed E-state index contributed by atoms with van der Waals surface area (Å²) in [5.41, 5.74) is 1.79. The molecule has 2 aromatic rings. The van der Waals surface area contributed by atoms with Crippen molar-refractivity contribution in [1.29, 1.82) is 0 Å². The van der Waals surface area contributed by atoms with E-state index in [1.165, 1.54) is 0 Å². The van der Waals surface area contributed by atoms with E-state index in [-0.39, 0.29) is 11.8 Å². The van der Waals surface area contributed by atoms with E-state index in [1.807, 2.05) is 35.2 Å². The van der Waals surface area contributed by atoms with Crippen molar-refractivity contribution in [2.75, 3.05) is 19.6 Å². The number of nitrogens with zero attached hydrogens (tertiary/aromatic N) is 3. The molecule has 0 bridgehead atoms. The van der Waals surface area contributed by atoms with Gasteiger partial charge in [0.15, 0.2) is 0 Å². The molecule has 0 saturated carbocycles. The Balaban J connectivity index is 1.39. The van der Waals surface area contributed by atoms with Crippen molar-refractivity contribution in [2.45, 2.75) is 32.2 Å². The minimum absolute atomic E-state index is 0.0783. The van der Waals surface area contributed by atoms with Gasteiger partial charge in [-0.1, -0.05) is 18.2 Å². The van der Waals surface area contributed by atoms with Gasteiger partial charge in [0.1, 0.15) is 11.5 Å². The van der Waals surface area contributed by atoms with Crippen molar-refractivity contribution < 1.29 is 14.0 Å². The lowest BCUT2D eigenvalue weighted by Gasteiger charge is -2.26. The summed E-state index contributed by atoms with van der Waals surface area (Å²) in [6.45, 7) is 2.43. The zero-order valence-electron chi connectivity index (χ0n) is 14.1. The summed E-state index contributed by atoms with van der Waals surface area (Å²) in [5, 5.41) is 0. The topological polar surface area (TPSA) is 66.7 Å². The summed E-state index contributed by atoms with van der Waals surface area (Å²) < 4.78 is 5.87. The van der Waals surface area contributed by atoms with Gasteiger partial charge in [-0.25, -0.2) is 4.98 Å². The molecule has 1 aromatic heterocycles. The first-order valence-electron chi connectivity index (χ1n) is 8.80. The zero-order chi connectivity index (χ0) is 17.2. The van der Waals surface area contributed by atoms with E-state index >= 15 is 0 Å². The highest BCUT2D eigenvalue weighted by molar-refractivity contribution is 5.80. The number of benzene rings is 1. The quantitative estimate of drug-likeness (QED) is 0.857. The molecule has 6 nitrogen and oxygen atoms in total. The monoisotopic (exact) mass is 339 g/mol. The van der Waals surface area contributed by atoms with E-state index in [0.29, 0.717) is 44.8 Å². The SMILES string of the molecule is O=C1CCCN1CCC(=O)N1CCc2oc(-c3ccccc3)nc2C1. The van der Waals surface area contributed by atoms with Crippen LogP contribution in [0.1, 0.15) is 30.7 Å². The third-order valence-corrected chi connectivity index (χ3v) is 4.87. The van der Waals surface area contributed by atoms with Crippen LogP contribution in [-0.4, -0.2) is 46.2 Å². The van der Waals surface area contributed by atoms with E-state index in [1.54, 1.807) is 4.90 Å². The molecule has 130 valence electrons. The highest BCUT2D eigenvalue weighted by Crippen LogP contribution is 2.26. The van der Waals surface area contributed by atoms with Crippen LogP contribution in [0.5, 0.6) is 0 Å². The molecule has 0 atom stereocenters. The molecular formula is C19H21N3O3. The van der Waals surface area contributed by atoms with Crippen molar-refractivity contribution in [1.82, 2.24) is 14.8 Å². The minimum Gasteiger partial charge on any atom is -0.441 e. The number of aromatic nitrogens is 1. The Kier molecular flexibility index (Phi) is 4.26. The maximum absolute atomic E-state index is 12.5. The second-order valence-corrected chi connectivity index (χ2v) is 6.55. The largest absolute Gasteiger partial charge is 0.441 e. The standard InChI is InChI=1S/C19H21N3O3/c23-17-7-4-10-21(17)12-9-18(24)22-11-8-16-15(13-22)20-19(25-16)14-5-2-1-3-6-14/h1-3,5-6H,4,7-13H2. The van der Waals surface area contributed by atoms with Crippen LogP contribution in [0.15, 0.2) is 34.7 Å². The van der Waals surface area contributed by atoms with Gasteiger partial charge in [-0.3, -0.25) is 9.59 Å². The smallest absolute Gasteiger partial charge is 0.226 e. The van der Waals surface area contributed by atoms with E-state index in [4.69, 9.17) is 4.42 Å². The second kappa shape index (κ2) is 6.70. The van der Waals surface area contributed by atoms with Crippen LogP contribution >= 0.6 is 0 Å². The van der Waals surface area contributed by atoms with Gasteiger partial charge in [0.05, 0.1) is 6.54 Å². The minimum atomic E-state index is 0.0783. The van der Waals surface area contributed by atoms with Crippen LogP contribution in [0, 0.1) is 0 Å². The molecule has 6 heteroatoms. The molecule has 2 aliphatic rings. The lowest BCUT2D eigenvalue weighted by molar-refractivity contribution is -0.133. The predicted molar refractivity (Wildman–Crippen MR) is 91.5 cm³/mol. The van der Waals surface area contributed by atoms with Crippen molar-refractivity contribution in [3.8, 4) is 11.5 Å². The molecule has 2 amide bonds. The third kappa shape index (κ3) is 3.29. The first-order valence-corrected chi connectivity index (χ1v) is 8.80. The Morgan fingerprint density at radius 3 is 2.76 bits per heavy atom. The van der Waals surface area contributed by atoms with Crippen LogP contribution < -0.4 is 0 Å². The molecule has 0 unspecified atom stereocenters. The van der Waals surface area contributed by atoms with E-state index in [9.17, 15) is 9.59 Å². The van der Waals surface area contributed by atoms with Crippen LogP contribution in [0.3, 0.4) is 0 Å². The highest BCUT2D eigenvalue weighted by atomic mass is 16.4. The van der Waals surface area contributed by atoms with E-state index in [0.717, 1.165) is 30.0 Å². The number of carbonyl (C=O) groups is 2. The van der Waals surface area contributed by atoms with Crippen molar-refractivity contribution in [2.24, 2.45) is 0 Å². The lowest BCUT2D eigenvalue weighted by atomic mass is 10.1. The number of rotatable bonds is 4. The van der Waals surface area contributed by atoms with Crippen LogP contribution in [0.2, 0.25) is 0 Å². The van der Waals surface area contributed by atoms with Gasteiger partial charge >= 0.3 is 0 Å². The predicted octanol–water partition coefficient (Wildman–Crippen LogP) is 2.24. The molecule has 3 heterocycles. The average Bonchev–Trinajstić information content (AvgIpc) is 3.25. The maximum atomic E-state index is 12.5. The molecule has 2 aliphatic heterocycles. The molecule has 0 radical (unpaired) electrons. The fourth-order valence-electron chi connectivity index (χ4n) is 3.44. The van der Waals surface area contributed by atoms with Gasteiger partial charge in [-0.15, -0.1) is 0 Å². The summed E-state index contributed by atoms with van der Waals surface area (Å²) in [7, 11) is 0. The molecule has 0 spiro atoms. The first kappa shape index (κ1) is 15.9. The van der Waals surface area contributed by atoms with Crippen molar-refractivity contribution in [3.05, 3.63) is 41.8 Å². The number of fused-ring (bicyclic) bond motifs is 1. The van der Waals surface area contributed by atoms with Gasteiger partial charge < -0.3 is 14.2 Å². The molecule has 4 rings (SSSR count). The second-order valence-electron chi connectivity index (χ2n) is 6.55. The number of oxazole rings is 1. The summed E-state index contributed by atoms with van der Waals surface area (Å²) in [6, 6.07) is 9.79. The number of likely N-dealkylation sites (tertiary alicyclic amines) is 1. The average molecular weight is 339 g/mol. The van der Waals surface area contributed by atoms with Gasteiger partial charge in [0.2, 0.25) is 17.7 Å². The molecular weight excluding hydrogens is 318 g/mol. The molecule has 25 heavy (non-hydrogen) atoms. The van der Waals surface area contributed by atoms with Crippen LogP contribution in [0.25, 0.3) is 11.5 Å². The summed E-state index contributed by atoms with van der Waals surface area (Å²) in [5.74, 6) is 1.73. The Labute approximate surface area is 146 Å². The normalized spacial score (nSPS) is 17.0. The molecule has 1 saturated heterocycles. The number of hydrogen-bond donors (Lipinski definition) is 0. The Hall–Kier alpha value is -2.63. The van der Waals surface area contributed by atoms with E-state index < -0.39 is 0 Å². The van der Waals surface area contributed by atoms with Crippen LogP contribution in [-0.2, 0) is 22.6 Å². The van der Waals surface area contributed by atoms with Crippen LogP contribution in [0.4, 0.5) is 0 Å². The third-order valence-electron chi connectivity index (χ3n) is 4.87. The number of amides is 2. The Bertz CT molecular complexity index is 784. The van der Waals surface area contributed by atoms with Crippen molar-refractivity contribution >= 4 is 11.8 Å². The van der Waals surface area contributed by atoms with Gasteiger partial charge in [0.25, 0.3) is 0 Å². The highest BCUT2D eigenvalue weighted by Gasteiger charge is 2.27. The fraction of sp³-hybridized carbons (Fsp3) is 0.421. The number of hydrogen-bond acceptors (Lipinski definition) is 4. The Morgan fingerprint density at radius 2 is 2.00 bits per heavy atom. The zero-order valence-corrected chi connectivity index (χ0v) is 14.1. The summed E-state index contributed by atoms with van der Waals surface area (Å²) in [4.78, 5) is 32.3. The van der Waals surface area contributed by atoms with E-state index in [2.05, 4.69) is 4.98 Å². The lowest BCUT2D eigenvalue weighted by Crippen LogP contribution is -2.38. The Morgan fingerprint density at radius 1 is 1.16 bits per heavy atom. The molecule has 0 N–H and O–H groups in total. The summed E-state index contributed by atoms with van der Waals surface area (Å²) >= 11 is 0. The van der Waals surface area contributed by atoms with Gasteiger partial charge in [0, 0.05) is 44.5 Å². The fourth-order valence-corrected chi connectivity index (χ4v) is 3.44. The molecule has 0 aliphatic carbocycles. The number of carbonyl (C=O) groups excluding carboxylic acids is 2. The van der Waals surface area contributed by atoms with Crippen molar-refractivity contribution in [3.63, 3.8) is 0 Å². The van der Waals surface area contributed by atoms with Gasteiger partial charge in [-0.2, -0.15) is 0 Å². The van der Waals surface area contributed by atoms with Gasteiger partial charge in [-0.05, 0) is 18.6 Å². The summed E-state index contributed by atoms with van der Waals surface area (Å²) in [6.07, 6.45) is 2.58.